The summed E-state index contributed by atoms with van der Waals surface area (Å²) in [6, 6.07) is 0. The van der Waals surface area contributed by atoms with E-state index in [-0.39, 0.29) is 0 Å². The second kappa shape index (κ2) is 7.74. The van der Waals surface area contributed by atoms with E-state index in [9.17, 15) is 13.2 Å². The van der Waals surface area contributed by atoms with Crippen LogP contribution < -0.4 is 0 Å². The van der Waals surface area contributed by atoms with Crippen LogP contribution in [0.2, 0.25) is 0 Å². The smallest absolute Gasteiger partial charge is 0.377 e. The van der Waals surface area contributed by atoms with Crippen molar-refractivity contribution in [3.63, 3.8) is 0 Å². The van der Waals surface area contributed by atoms with Gasteiger partial charge in [0, 0.05) is 13.1 Å². The van der Waals surface area contributed by atoms with E-state index in [1.807, 2.05) is 0 Å². The average molecular weight is 303 g/mol. The Labute approximate surface area is 112 Å². The third kappa shape index (κ3) is 7.41. The Balaban J connectivity index is 0.000000362. The first kappa shape index (κ1) is 18.2. The van der Waals surface area contributed by atoms with Crippen LogP contribution in [0.1, 0.15) is 39.5 Å². The molecule has 0 aromatic heterocycles. The summed E-state index contributed by atoms with van der Waals surface area (Å²) in [5.41, 5.74) is -3.88. The monoisotopic (exact) mass is 303 g/mol. The number of halogens is 3. The van der Waals surface area contributed by atoms with Crippen LogP contribution in [0.15, 0.2) is 11.8 Å². The Morgan fingerprint density at radius 1 is 1.32 bits per heavy atom. The molecule has 4 nitrogen and oxygen atoms in total. The van der Waals surface area contributed by atoms with Crippen molar-refractivity contribution in [2.24, 2.45) is 0 Å². The molecule has 0 radical (unpaired) electrons. The van der Waals surface area contributed by atoms with E-state index in [0.717, 1.165) is 0 Å². The average Bonchev–Trinajstić information content (AvgIpc) is 2.65. The molecular weight excluding hydrogens is 283 g/mol. The molecule has 114 valence electrons. The number of rotatable bonds is 4. The standard InChI is InChI=1S/C10H19N.CHF3O3S/c1-3-5-10-6-8-11(9-10)7-4-2;2-1(3,4)8(5,6)7/h9H,3-8H2,1-2H3;(H,5,6,7). The second-order valence-electron chi connectivity index (χ2n) is 4.24. The van der Waals surface area contributed by atoms with Gasteiger partial charge >= 0.3 is 15.6 Å². The van der Waals surface area contributed by atoms with E-state index in [2.05, 4.69) is 24.9 Å². The van der Waals surface area contributed by atoms with Gasteiger partial charge in [0.25, 0.3) is 0 Å². The van der Waals surface area contributed by atoms with Crippen LogP contribution in [0, 0.1) is 0 Å². The minimum atomic E-state index is -5.84. The first-order valence-electron chi connectivity index (χ1n) is 6.09. The highest BCUT2D eigenvalue weighted by Gasteiger charge is 2.44. The van der Waals surface area contributed by atoms with Crippen molar-refractivity contribution in [2.45, 2.75) is 45.0 Å². The molecule has 0 bridgehead atoms. The minimum Gasteiger partial charge on any atom is -0.377 e. The number of hydrogen-bond acceptors (Lipinski definition) is 3. The van der Waals surface area contributed by atoms with Gasteiger partial charge in [-0.15, -0.1) is 0 Å². The Morgan fingerprint density at radius 2 is 1.84 bits per heavy atom. The Bertz CT molecular complexity index is 390. The van der Waals surface area contributed by atoms with Gasteiger partial charge in [0.15, 0.2) is 0 Å². The maximum absolute atomic E-state index is 10.7. The summed E-state index contributed by atoms with van der Waals surface area (Å²) in [6.45, 7) is 7.01. The van der Waals surface area contributed by atoms with Gasteiger partial charge in [-0.1, -0.05) is 25.8 Å². The Morgan fingerprint density at radius 3 is 2.21 bits per heavy atom. The van der Waals surface area contributed by atoms with Gasteiger partial charge in [-0.05, 0) is 25.5 Å². The molecule has 0 aromatic rings. The van der Waals surface area contributed by atoms with Crippen LogP contribution in [0.25, 0.3) is 0 Å². The van der Waals surface area contributed by atoms with Crippen molar-refractivity contribution in [3.8, 4) is 0 Å². The van der Waals surface area contributed by atoms with Crippen molar-refractivity contribution >= 4 is 10.1 Å². The summed E-state index contributed by atoms with van der Waals surface area (Å²) >= 11 is 0. The van der Waals surface area contributed by atoms with E-state index < -0.39 is 15.6 Å². The maximum atomic E-state index is 10.7. The molecule has 0 fully saturated rings. The van der Waals surface area contributed by atoms with Crippen LogP contribution >= 0.6 is 0 Å². The van der Waals surface area contributed by atoms with Gasteiger partial charge in [0.2, 0.25) is 0 Å². The molecule has 1 rings (SSSR count). The predicted molar refractivity (Wildman–Crippen MR) is 67.1 cm³/mol. The molecule has 1 heterocycles. The molecule has 8 heteroatoms. The molecule has 1 aliphatic heterocycles. The van der Waals surface area contributed by atoms with Crippen LogP contribution in [-0.2, 0) is 10.1 Å². The molecule has 0 saturated carbocycles. The van der Waals surface area contributed by atoms with Crippen LogP contribution in [0.3, 0.4) is 0 Å². The first-order chi connectivity index (χ1) is 8.61. The lowest BCUT2D eigenvalue weighted by molar-refractivity contribution is -0.0510. The lowest BCUT2D eigenvalue weighted by atomic mass is 10.1. The molecule has 0 saturated heterocycles. The molecule has 0 atom stereocenters. The summed E-state index contributed by atoms with van der Waals surface area (Å²) in [5, 5.41) is 0. The fraction of sp³-hybridized carbons (Fsp3) is 0.818. The summed E-state index contributed by atoms with van der Waals surface area (Å²) < 4.78 is 57.5. The predicted octanol–water partition coefficient (Wildman–Crippen LogP) is 3.18. The van der Waals surface area contributed by atoms with Crippen molar-refractivity contribution in [2.75, 3.05) is 13.1 Å². The molecule has 0 spiro atoms. The zero-order valence-corrected chi connectivity index (χ0v) is 11.9. The van der Waals surface area contributed by atoms with Crippen LogP contribution in [0.4, 0.5) is 13.2 Å². The summed E-state index contributed by atoms with van der Waals surface area (Å²) in [5.74, 6) is 0. The molecule has 0 aromatic carbocycles. The lowest BCUT2D eigenvalue weighted by Crippen LogP contribution is -2.21. The van der Waals surface area contributed by atoms with Crippen LogP contribution in [-0.4, -0.2) is 36.5 Å². The van der Waals surface area contributed by atoms with Gasteiger partial charge in [-0.2, -0.15) is 21.6 Å². The van der Waals surface area contributed by atoms with E-state index in [4.69, 9.17) is 13.0 Å². The fourth-order valence-electron chi connectivity index (χ4n) is 1.65. The van der Waals surface area contributed by atoms with Crippen molar-refractivity contribution in [1.29, 1.82) is 0 Å². The van der Waals surface area contributed by atoms with Crippen LogP contribution in [0.5, 0.6) is 0 Å². The van der Waals surface area contributed by atoms with Gasteiger partial charge in [0.05, 0.1) is 0 Å². The molecule has 0 aliphatic carbocycles. The molecule has 1 N–H and O–H groups in total. The highest BCUT2D eigenvalue weighted by Crippen LogP contribution is 2.20. The third-order valence-corrected chi connectivity index (χ3v) is 3.04. The van der Waals surface area contributed by atoms with E-state index >= 15 is 0 Å². The maximum Gasteiger partial charge on any atom is 0.522 e. The van der Waals surface area contributed by atoms with Gasteiger partial charge in [-0.3, -0.25) is 4.55 Å². The molecule has 19 heavy (non-hydrogen) atoms. The Kier molecular flexibility index (Phi) is 7.43. The number of nitrogens with zero attached hydrogens (tertiary/aromatic N) is 1. The van der Waals surface area contributed by atoms with E-state index in [1.54, 1.807) is 5.57 Å². The Hall–Kier alpha value is -0.760. The highest BCUT2D eigenvalue weighted by molar-refractivity contribution is 7.86. The number of alkyl halides is 3. The topological polar surface area (TPSA) is 57.6 Å². The normalized spacial score (nSPS) is 15.9. The quantitative estimate of drug-likeness (QED) is 0.640. The molecule has 0 unspecified atom stereocenters. The highest BCUT2D eigenvalue weighted by atomic mass is 32.2. The number of hydrogen-bond donors (Lipinski definition) is 1. The van der Waals surface area contributed by atoms with Crippen molar-refractivity contribution in [3.05, 3.63) is 11.8 Å². The summed E-state index contributed by atoms with van der Waals surface area (Å²) in [4.78, 5) is 2.45. The zero-order valence-electron chi connectivity index (χ0n) is 11.1. The molecule has 0 amide bonds. The second-order valence-corrected chi connectivity index (χ2v) is 5.66. The van der Waals surface area contributed by atoms with Gasteiger partial charge in [-0.25, -0.2) is 0 Å². The van der Waals surface area contributed by atoms with E-state index in [0.29, 0.717) is 0 Å². The van der Waals surface area contributed by atoms with Crippen molar-refractivity contribution in [1.82, 2.24) is 4.90 Å². The molecular formula is C11H20F3NO3S. The van der Waals surface area contributed by atoms with Gasteiger partial charge in [0.1, 0.15) is 0 Å². The van der Waals surface area contributed by atoms with Gasteiger partial charge < -0.3 is 4.90 Å². The first-order valence-corrected chi connectivity index (χ1v) is 7.53. The summed E-state index contributed by atoms with van der Waals surface area (Å²) in [7, 11) is -5.84. The lowest BCUT2D eigenvalue weighted by Gasteiger charge is -2.12. The van der Waals surface area contributed by atoms with E-state index in [1.165, 1.54) is 38.8 Å². The fourth-order valence-corrected chi connectivity index (χ4v) is 1.65. The van der Waals surface area contributed by atoms with Crippen molar-refractivity contribution < 1.29 is 26.1 Å². The minimum absolute atomic E-state index is 1.24. The SMILES string of the molecule is CCCC1=CN(CCC)CC1.O=S(=O)(O)C(F)(F)F. The largest absolute Gasteiger partial charge is 0.522 e. The molecule has 1 aliphatic rings. The zero-order chi connectivity index (χ0) is 15.1. The summed E-state index contributed by atoms with van der Waals surface area (Å²) in [6.07, 6.45) is 7.56. The third-order valence-electron chi connectivity index (χ3n) is 2.46.